The number of aromatic nitrogens is 2. The molecule has 8 nitrogen and oxygen atoms in total. The van der Waals surface area contributed by atoms with Crippen LogP contribution in [0.5, 0.6) is 11.5 Å². The van der Waals surface area contributed by atoms with Gasteiger partial charge in [0.15, 0.2) is 0 Å². The maximum Gasteiger partial charge on any atom is 0.240 e. The van der Waals surface area contributed by atoms with E-state index in [-0.39, 0.29) is 11.4 Å². The topological polar surface area (TPSA) is 93.7 Å². The molecule has 3 aromatic rings. The number of benzene rings is 2. The van der Waals surface area contributed by atoms with Crippen molar-refractivity contribution in [2.24, 2.45) is 0 Å². The van der Waals surface area contributed by atoms with Crippen molar-refractivity contribution in [3.63, 3.8) is 0 Å². The number of nitrogens with one attached hydrogen (secondary N) is 1. The van der Waals surface area contributed by atoms with Gasteiger partial charge in [0.2, 0.25) is 10.0 Å². The molecule has 1 aliphatic rings. The van der Waals surface area contributed by atoms with Gasteiger partial charge in [0.25, 0.3) is 0 Å². The van der Waals surface area contributed by atoms with Gasteiger partial charge in [-0.3, -0.25) is 0 Å². The lowest BCUT2D eigenvalue weighted by atomic mass is 10.3. The van der Waals surface area contributed by atoms with Gasteiger partial charge in [-0.05, 0) is 42.5 Å². The lowest BCUT2D eigenvalue weighted by Gasteiger charge is -2.27. The minimum Gasteiger partial charge on any atom is -0.457 e. The molecule has 0 amide bonds. The normalized spacial score (nSPS) is 14.5. The standard InChI is InChI=1S/C21H22N4O4S/c26-30(27,19-8-6-18(7-9-19)29-17-4-2-1-3-5-17)23-16-20-22-11-10-21(24-20)25-12-14-28-15-13-25/h1-11,23H,12-16H2. The van der Waals surface area contributed by atoms with Gasteiger partial charge in [0.1, 0.15) is 23.1 Å². The molecule has 0 atom stereocenters. The first-order chi connectivity index (χ1) is 14.6. The fraction of sp³-hybridized carbons (Fsp3) is 0.238. The van der Waals surface area contributed by atoms with Crippen LogP contribution in [0.25, 0.3) is 0 Å². The summed E-state index contributed by atoms with van der Waals surface area (Å²) in [6.45, 7) is 2.80. The highest BCUT2D eigenvalue weighted by molar-refractivity contribution is 7.89. The highest BCUT2D eigenvalue weighted by Crippen LogP contribution is 2.22. The zero-order valence-corrected chi connectivity index (χ0v) is 17.1. The lowest BCUT2D eigenvalue weighted by molar-refractivity contribution is 0.122. The zero-order chi connectivity index (χ0) is 20.8. The monoisotopic (exact) mass is 426 g/mol. The van der Waals surface area contributed by atoms with Gasteiger partial charge < -0.3 is 14.4 Å². The smallest absolute Gasteiger partial charge is 0.240 e. The highest BCUT2D eigenvalue weighted by Gasteiger charge is 2.16. The SMILES string of the molecule is O=S(=O)(NCc1nccc(N2CCOCC2)n1)c1ccc(Oc2ccccc2)cc1. The molecule has 0 spiro atoms. The molecule has 1 saturated heterocycles. The van der Waals surface area contributed by atoms with Crippen LogP contribution in [-0.4, -0.2) is 44.7 Å². The third-order valence-electron chi connectivity index (χ3n) is 4.56. The summed E-state index contributed by atoms with van der Waals surface area (Å²) in [5.41, 5.74) is 0. The van der Waals surface area contributed by atoms with E-state index in [2.05, 4.69) is 19.6 Å². The number of anilines is 1. The Balaban J connectivity index is 1.39. The number of rotatable bonds is 7. The molecule has 0 bridgehead atoms. The van der Waals surface area contributed by atoms with Gasteiger partial charge >= 0.3 is 0 Å². The van der Waals surface area contributed by atoms with Crippen molar-refractivity contribution < 1.29 is 17.9 Å². The third-order valence-corrected chi connectivity index (χ3v) is 5.98. The van der Waals surface area contributed by atoms with Crippen LogP contribution in [0, 0.1) is 0 Å². The van der Waals surface area contributed by atoms with Crippen LogP contribution in [0.4, 0.5) is 5.82 Å². The molecule has 2 heterocycles. The van der Waals surface area contributed by atoms with E-state index < -0.39 is 10.0 Å². The Morgan fingerprint density at radius 2 is 1.67 bits per heavy atom. The van der Waals surface area contributed by atoms with Crippen molar-refractivity contribution in [1.82, 2.24) is 14.7 Å². The molecular weight excluding hydrogens is 404 g/mol. The Labute approximate surface area is 175 Å². The van der Waals surface area contributed by atoms with Crippen molar-refractivity contribution in [2.75, 3.05) is 31.2 Å². The van der Waals surface area contributed by atoms with Crippen LogP contribution in [0.1, 0.15) is 5.82 Å². The predicted octanol–water partition coefficient (Wildman–Crippen LogP) is 2.58. The number of sulfonamides is 1. The van der Waals surface area contributed by atoms with E-state index in [9.17, 15) is 8.42 Å². The van der Waals surface area contributed by atoms with Crippen molar-refractivity contribution in [1.29, 1.82) is 0 Å². The first-order valence-corrected chi connectivity index (χ1v) is 11.1. The first-order valence-electron chi connectivity index (χ1n) is 9.57. The quantitative estimate of drug-likeness (QED) is 0.621. The van der Waals surface area contributed by atoms with Crippen LogP contribution < -0.4 is 14.4 Å². The number of nitrogens with zero attached hydrogens (tertiary/aromatic N) is 3. The molecule has 1 aromatic heterocycles. The van der Waals surface area contributed by atoms with Gasteiger partial charge in [-0.1, -0.05) is 18.2 Å². The molecule has 4 rings (SSSR count). The summed E-state index contributed by atoms with van der Waals surface area (Å²) >= 11 is 0. The van der Waals surface area contributed by atoms with Gasteiger partial charge in [-0.15, -0.1) is 0 Å². The molecule has 0 aliphatic carbocycles. The molecule has 156 valence electrons. The largest absolute Gasteiger partial charge is 0.457 e. The Kier molecular flexibility index (Phi) is 6.22. The van der Waals surface area contributed by atoms with Gasteiger partial charge in [0, 0.05) is 19.3 Å². The Morgan fingerprint density at radius 1 is 0.967 bits per heavy atom. The molecular formula is C21H22N4O4S. The van der Waals surface area contributed by atoms with E-state index in [0.29, 0.717) is 30.5 Å². The Hall–Kier alpha value is -3.01. The maximum absolute atomic E-state index is 12.6. The molecule has 0 unspecified atom stereocenters. The first kappa shape index (κ1) is 20.3. The minimum absolute atomic E-state index is 0.00276. The van der Waals surface area contributed by atoms with E-state index in [4.69, 9.17) is 9.47 Å². The van der Waals surface area contributed by atoms with Gasteiger partial charge in [0.05, 0.1) is 24.7 Å². The molecule has 1 fully saturated rings. The van der Waals surface area contributed by atoms with E-state index in [0.717, 1.165) is 18.9 Å². The molecule has 0 radical (unpaired) electrons. The maximum atomic E-state index is 12.6. The van der Waals surface area contributed by atoms with E-state index >= 15 is 0 Å². The van der Waals surface area contributed by atoms with Crippen LogP contribution in [0.2, 0.25) is 0 Å². The van der Waals surface area contributed by atoms with E-state index in [1.807, 2.05) is 36.4 Å². The van der Waals surface area contributed by atoms with Crippen LogP contribution in [-0.2, 0) is 21.3 Å². The lowest BCUT2D eigenvalue weighted by Crippen LogP contribution is -2.37. The van der Waals surface area contributed by atoms with Crippen molar-refractivity contribution in [2.45, 2.75) is 11.4 Å². The molecule has 30 heavy (non-hydrogen) atoms. The minimum atomic E-state index is -3.70. The van der Waals surface area contributed by atoms with Crippen molar-refractivity contribution in [3.05, 3.63) is 72.7 Å². The van der Waals surface area contributed by atoms with Crippen molar-refractivity contribution >= 4 is 15.8 Å². The number of hydrogen-bond donors (Lipinski definition) is 1. The number of morpholine rings is 1. The molecule has 2 aromatic carbocycles. The Morgan fingerprint density at radius 3 is 2.40 bits per heavy atom. The summed E-state index contributed by atoms with van der Waals surface area (Å²) in [5, 5.41) is 0. The van der Waals surface area contributed by atoms with Crippen LogP contribution in [0.15, 0.2) is 71.8 Å². The van der Waals surface area contributed by atoms with E-state index in [1.54, 1.807) is 18.3 Å². The summed E-state index contributed by atoms with van der Waals surface area (Å²) in [5.74, 6) is 2.42. The fourth-order valence-electron chi connectivity index (χ4n) is 3.00. The predicted molar refractivity (Wildman–Crippen MR) is 112 cm³/mol. The second kappa shape index (κ2) is 9.21. The summed E-state index contributed by atoms with van der Waals surface area (Å²) in [6, 6.07) is 17.4. The van der Waals surface area contributed by atoms with Crippen LogP contribution >= 0.6 is 0 Å². The molecule has 1 N–H and O–H groups in total. The summed E-state index contributed by atoms with van der Waals surface area (Å²) in [6.07, 6.45) is 1.64. The summed E-state index contributed by atoms with van der Waals surface area (Å²) in [7, 11) is -3.70. The van der Waals surface area contributed by atoms with E-state index in [1.165, 1.54) is 12.1 Å². The second-order valence-corrected chi connectivity index (χ2v) is 8.41. The summed E-state index contributed by atoms with van der Waals surface area (Å²) in [4.78, 5) is 10.9. The zero-order valence-electron chi connectivity index (χ0n) is 16.3. The number of hydrogen-bond acceptors (Lipinski definition) is 7. The number of para-hydroxylation sites is 1. The molecule has 1 aliphatic heterocycles. The van der Waals surface area contributed by atoms with Gasteiger partial charge in [-0.25, -0.2) is 23.1 Å². The molecule has 0 saturated carbocycles. The van der Waals surface area contributed by atoms with Gasteiger partial charge in [-0.2, -0.15) is 0 Å². The van der Waals surface area contributed by atoms with Crippen LogP contribution in [0.3, 0.4) is 0 Å². The van der Waals surface area contributed by atoms with Crippen molar-refractivity contribution in [3.8, 4) is 11.5 Å². The highest BCUT2D eigenvalue weighted by atomic mass is 32.2. The molecule has 9 heteroatoms. The second-order valence-electron chi connectivity index (χ2n) is 6.64. The average molecular weight is 426 g/mol. The Bertz CT molecular complexity index is 1070. The fourth-order valence-corrected chi connectivity index (χ4v) is 3.98. The third kappa shape index (κ3) is 5.12. The summed E-state index contributed by atoms with van der Waals surface area (Å²) < 4.78 is 38.9. The average Bonchev–Trinajstić information content (AvgIpc) is 2.80. The number of ether oxygens (including phenoxy) is 2.